The van der Waals surface area contributed by atoms with Crippen molar-refractivity contribution >= 4 is 16.9 Å². The monoisotopic (exact) mass is 290 g/mol. The van der Waals surface area contributed by atoms with Crippen molar-refractivity contribution in [1.29, 1.82) is 0 Å². The highest BCUT2D eigenvalue weighted by molar-refractivity contribution is 5.86. The highest BCUT2D eigenvalue weighted by Crippen LogP contribution is 2.22. The Balaban J connectivity index is 1.91. The molecule has 0 spiro atoms. The largest absolute Gasteiger partial charge is 0.395 e. The van der Waals surface area contributed by atoms with E-state index in [2.05, 4.69) is 25.3 Å². The molecule has 1 unspecified atom stereocenters. The number of anilines is 1. The zero-order valence-electron chi connectivity index (χ0n) is 12.6. The van der Waals surface area contributed by atoms with Gasteiger partial charge in [-0.2, -0.15) is 5.10 Å². The average Bonchev–Trinajstić information content (AvgIpc) is 2.89. The Morgan fingerprint density at radius 3 is 3.00 bits per heavy atom. The maximum Gasteiger partial charge on any atom is 0.163 e. The third-order valence-electron chi connectivity index (χ3n) is 4.18. The van der Waals surface area contributed by atoms with E-state index in [1.807, 2.05) is 14.1 Å². The van der Waals surface area contributed by atoms with Gasteiger partial charge in [0.1, 0.15) is 11.6 Å². The Kier molecular flexibility index (Phi) is 4.03. The molecule has 21 heavy (non-hydrogen) atoms. The lowest BCUT2D eigenvalue weighted by Gasteiger charge is -2.33. The van der Waals surface area contributed by atoms with E-state index in [9.17, 15) is 5.11 Å². The first-order valence-electron chi connectivity index (χ1n) is 7.44. The van der Waals surface area contributed by atoms with Gasteiger partial charge in [-0.15, -0.1) is 0 Å². The van der Waals surface area contributed by atoms with Crippen LogP contribution in [-0.2, 0) is 13.6 Å². The van der Waals surface area contributed by atoms with Crippen LogP contribution in [-0.4, -0.2) is 56.0 Å². The summed E-state index contributed by atoms with van der Waals surface area (Å²) in [7, 11) is 3.74. The molecule has 0 aliphatic carbocycles. The lowest BCUT2D eigenvalue weighted by molar-refractivity contribution is 0.0820. The van der Waals surface area contributed by atoms with Gasteiger partial charge in [-0.1, -0.05) is 6.42 Å². The van der Waals surface area contributed by atoms with E-state index in [0.29, 0.717) is 6.54 Å². The number of aliphatic hydroxyl groups excluding tert-OH is 1. The number of fused-ring (bicyclic) bond motifs is 1. The van der Waals surface area contributed by atoms with E-state index < -0.39 is 0 Å². The van der Waals surface area contributed by atoms with Crippen LogP contribution in [0, 0.1) is 0 Å². The topological polar surface area (TPSA) is 79.1 Å². The van der Waals surface area contributed by atoms with Gasteiger partial charge in [0.15, 0.2) is 5.65 Å². The summed E-state index contributed by atoms with van der Waals surface area (Å²) in [4.78, 5) is 11.5. The third-order valence-corrected chi connectivity index (χ3v) is 4.18. The molecule has 1 atom stereocenters. The molecule has 0 bridgehead atoms. The standard InChI is InChI=1S/C14H22N6O/c1-15-13-11-7-16-19(2)14(11)18-12(17-13)8-20-6-4-3-5-10(20)9-21/h7,10,21H,3-6,8-9H2,1-2H3,(H,15,17,18). The number of aliphatic hydroxyl groups is 1. The van der Waals surface area contributed by atoms with E-state index in [4.69, 9.17) is 0 Å². The number of nitrogens with zero attached hydrogens (tertiary/aromatic N) is 5. The Bertz CT molecular complexity index is 625. The van der Waals surface area contributed by atoms with Crippen LogP contribution in [0.25, 0.3) is 11.0 Å². The number of rotatable bonds is 4. The summed E-state index contributed by atoms with van der Waals surface area (Å²) in [6, 6.07) is 0.225. The summed E-state index contributed by atoms with van der Waals surface area (Å²) in [5.74, 6) is 1.58. The summed E-state index contributed by atoms with van der Waals surface area (Å²) in [5, 5.41) is 17.8. The average molecular weight is 290 g/mol. The van der Waals surface area contributed by atoms with Gasteiger partial charge in [-0.3, -0.25) is 9.58 Å². The molecule has 3 heterocycles. The molecule has 0 radical (unpaired) electrons. The van der Waals surface area contributed by atoms with Crippen molar-refractivity contribution in [3.8, 4) is 0 Å². The number of hydrogen-bond donors (Lipinski definition) is 2. The summed E-state index contributed by atoms with van der Waals surface area (Å²) in [5.41, 5.74) is 0.835. The molecule has 0 saturated carbocycles. The van der Waals surface area contributed by atoms with Crippen LogP contribution in [0.3, 0.4) is 0 Å². The number of piperidine rings is 1. The first-order chi connectivity index (χ1) is 10.2. The zero-order chi connectivity index (χ0) is 14.8. The van der Waals surface area contributed by atoms with Crippen molar-refractivity contribution in [3.63, 3.8) is 0 Å². The molecule has 3 rings (SSSR count). The lowest BCUT2D eigenvalue weighted by atomic mass is 10.0. The van der Waals surface area contributed by atoms with Crippen molar-refractivity contribution in [2.24, 2.45) is 7.05 Å². The van der Waals surface area contributed by atoms with Crippen LogP contribution in [0.1, 0.15) is 25.1 Å². The van der Waals surface area contributed by atoms with E-state index in [1.54, 1.807) is 10.9 Å². The van der Waals surface area contributed by atoms with Crippen molar-refractivity contribution < 1.29 is 5.11 Å². The van der Waals surface area contributed by atoms with Crippen molar-refractivity contribution in [1.82, 2.24) is 24.6 Å². The second kappa shape index (κ2) is 5.95. The molecule has 7 heteroatoms. The van der Waals surface area contributed by atoms with Crippen molar-refractivity contribution in [3.05, 3.63) is 12.0 Å². The first-order valence-corrected chi connectivity index (χ1v) is 7.44. The molecule has 2 aromatic heterocycles. The summed E-state index contributed by atoms with van der Waals surface area (Å²) < 4.78 is 1.76. The third kappa shape index (κ3) is 2.71. The summed E-state index contributed by atoms with van der Waals surface area (Å²) >= 11 is 0. The fourth-order valence-corrected chi connectivity index (χ4v) is 2.99. The van der Waals surface area contributed by atoms with Gasteiger partial charge in [0.25, 0.3) is 0 Å². The Morgan fingerprint density at radius 1 is 1.38 bits per heavy atom. The summed E-state index contributed by atoms with van der Waals surface area (Å²) in [6.07, 6.45) is 5.18. The Morgan fingerprint density at radius 2 is 2.24 bits per heavy atom. The molecular weight excluding hydrogens is 268 g/mol. The van der Waals surface area contributed by atoms with E-state index in [1.165, 1.54) is 12.8 Å². The molecule has 114 valence electrons. The van der Waals surface area contributed by atoms with Crippen LogP contribution in [0.2, 0.25) is 0 Å². The number of hydrogen-bond acceptors (Lipinski definition) is 6. The Labute approximate surface area is 124 Å². The molecular formula is C14H22N6O. The molecule has 0 aromatic carbocycles. The second-order valence-electron chi connectivity index (χ2n) is 5.55. The summed E-state index contributed by atoms with van der Waals surface area (Å²) in [6.45, 7) is 1.86. The van der Waals surface area contributed by atoms with Crippen molar-refractivity contribution in [2.75, 3.05) is 25.5 Å². The molecule has 1 saturated heterocycles. The van der Waals surface area contributed by atoms with Gasteiger partial charge in [0.05, 0.1) is 24.7 Å². The normalized spacial score (nSPS) is 20.0. The van der Waals surface area contributed by atoms with Crippen LogP contribution in [0.15, 0.2) is 6.20 Å². The van der Waals surface area contributed by atoms with Gasteiger partial charge >= 0.3 is 0 Å². The van der Waals surface area contributed by atoms with Crippen LogP contribution in [0.5, 0.6) is 0 Å². The quantitative estimate of drug-likeness (QED) is 0.865. The maximum atomic E-state index is 9.51. The van der Waals surface area contributed by atoms with Crippen LogP contribution >= 0.6 is 0 Å². The van der Waals surface area contributed by atoms with Gasteiger partial charge < -0.3 is 10.4 Å². The number of nitrogens with one attached hydrogen (secondary N) is 1. The highest BCUT2D eigenvalue weighted by Gasteiger charge is 2.23. The van der Waals surface area contributed by atoms with Crippen LogP contribution < -0.4 is 5.32 Å². The fraction of sp³-hybridized carbons (Fsp3) is 0.643. The molecule has 2 N–H and O–H groups in total. The molecule has 1 fully saturated rings. The maximum absolute atomic E-state index is 9.51. The first kappa shape index (κ1) is 14.2. The molecule has 1 aliphatic rings. The number of aryl methyl sites for hydroxylation is 1. The van der Waals surface area contributed by atoms with Crippen LogP contribution in [0.4, 0.5) is 5.82 Å². The molecule has 7 nitrogen and oxygen atoms in total. The number of likely N-dealkylation sites (tertiary alicyclic amines) is 1. The predicted molar refractivity (Wildman–Crippen MR) is 81.0 cm³/mol. The van der Waals surface area contributed by atoms with Gasteiger partial charge in [-0.05, 0) is 19.4 Å². The molecule has 0 amide bonds. The fourth-order valence-electron chi connectivity index (χ4n) is 2.99. The zero-order valence-corrected chi connectivity index (χ0v) is 12.6. The van der Waals surface area contributed by atoms with Gasteiger partial charge in [0.2, 0.25) is 0 Å². The minimum Gasteiger partial charge on any atom is -0.395 e. The van der Waals surface area contributed by atoms with E-state index >= 15 is 0 Å². The molecule has 1 aliphatic heterocycles. The highest BCUT2D eigenvalue weighted by atomic mass is 16.3. The van der Waals surface area contributed by atoms with Gasteiger partial charge in [-0.25, -0.2) is 9.97 Å². The smallest absolute Gasteiger partial charge is 0.163 e. The SMILES string of the molecule is CNc1nc(CN2CCCCC2CO)nc2c1cnn2C. The Hall–Kier alpha value is -1.73. The predicted octanol–water partition coefficient (Wildman–Crippen LogP) is 0.752. The van der Waals surface area contributed by atoms with E-state index in [0.717, 1.165) is 35.6 Å². The van der Waals surface area contributed by atoms with E-state index in [-0.39, 0.29) is 12.6 Å². The van der Waals surface area contributed by atoms with Crippen molar-refractivity contribution in [2.45, 2.75) is 31.8 Å². The van der Waals surface area contributed by atoms with Gasteiger partial charge in [0, 0.05) is 20.1 Å². The number of aromatic nitrogens is 4. The minimum atomic E-state index is 0.201. The lowest BCUT2D eigenvalue weighted by Crippen LogP contribution is -2.41. The molecule has 2 aromatic rings. The second-order valence-corrected chi connectivity index (χ2v) is 5.55. The minimum absolute atomic E-state index is 0.201.